The number of phenols is 2. The Hall–Kier alpha value is -3.34. The normalized spacial score (nSPS) is 9.57. The quantitative estimate of drug-likeness (QED) is 0.540. The van der Waals surface area contributed by atoms with Gasteiger partial charge in [-0.15, -0.1) is 0 Å². The van der Waals surface area contributed by atoms with Crippen molar-refractivity contribution in [2.24, 2.45) is 0 Å². The smallest absolute Gasteiger partial charge is 0.127 e. The van der Waals surface area contributed by atoms with E-state index in [-0.39, 0.29) is 11.5 Å². The van der Waals surface area contributed by atoms with Crippen LogP contribution in [0.4, 0.5) is 11.4 Å². The van der Waals surface area contributed by atoms with Gasteiger partial charge in [-0.2, -0.15) is 0 Å². The number of phenolic OH excluding ortho intramolecular Hbond substituents is 2. The van der Waals surface area contributed by atoms with Crippen molar-refractivity contribution < 1.29 is 14.9 Å². The number of ether oxygens (including phenoxy) is 1. The molecule has 0 aliphatic rings. The molecular weight excluding hydrogens is 292 g/mol. The first-order chi connectivity index (χ1) is 11.0. The number of aromatic hydroxyl groups is 2. The summed E-state index contributed by atoms with van der Waals surface area (Å²) >= 11 is 0. The summed E-state index contributed by atoms with van der Waals surface area (Å²) in [5.41, 5.74) is 12.6. The summed E-state index contributed by atoms with van der Waals surface area (Å²) in [4.78, 5) is 0. The van der Waals surface area contributed by atoms with Crippen LogP contribution in [0.3, 0.4) is 0 Å². The van der Waals surface area contributed by atoms with Crippen molar-refractivity contribution in [2.45, 2.75) is 0 Å². The fourth-order valence-corrected chi connectivity index (χ4v) is 1.70. The second-order valence-electron chi connectivity index (χ2n) is 4.76. The van der Waals surface area contributed by atoms with Crippen LogP contribution in [0.5, 0.6) is 23.0 Å². The average Bonchev–Trinajstić information content (AvgIpc) is 2.52. The Kier molecular flexibility index (Phi) is 5.30. The van der Waals surface area contributed by atoms with Crippen molar-refractivity contribution >= 4 is 11.4 Å². The van der Waals surface area contributed by atoms with Crippen molar-refractivity contribution in [3.8, 4) is 23.0 Å². The predicted molar refractivity (Wildman–Crippen MR) is 91.6 cm³/mol. The number of nitrogen functional groups attached to an aromatic ring is 2. The van der Waals surface area contributed by atoms with Gasteiger partial charge in [0.15, 0.2) is 0 Å². The zero-order valence-corrected chi connectivity index (χ0v) is 12.4. The molecule has 0 radical (unpaired) electrons. The number of anilines is 2. The summed E-state index contributed by atoms with van der Waals surface area (Å²) in [7, 11) is 0. The molecule has 5 heteroatoms. The molecule has 5 nitrogen and oxygen atoms in total. The number of benzene rings is 3. The third kappa shape index (κ3) is 5.51. The topological polar surface area (TPSA) is 102 Å². The molecule has 0 bridgehead atoms. The molecule has 0 heterocycles. The summed E-state index contributed by atoms with van der Waals surface area (Å²) in [6.45, 7) is 0. The summed E-state index contributed by atoms with van der Waals surface area (Å²) in [6, 6.07) is 20.3. The van der Waals surface area contributed by atoms with E-state index in [9.17, 15) is 0 Å². The van der Waals surface area contributed by atoms with E-state index in [4.69, 9.17) is 26.4 Å². The SMILES string of the molecule is Nc1ccc(Oc2ccc(N)cc2)cc1.Oc1cccc(O)c1. The van der Waals surface area contributed by atoms with Crippen LogP contribution < -0.4 is 16.2 Å². The minimum atomic E-state index is 0.0880. The van der Waals surface area contributed by atoms with Crippen LogP contribution in [0.1, 0.15) is 0 Å². The van der Waals surface area contributed by atoms with E-state index in [1.54, 1.807) is 30.3 Å². The summed E-state index contributed by atoms with van der Waals surface area (Å²) < 4.78 is 5.58. The number of nitrogens with two attached hydrogens (primary N) is 2. The van der Waals surface area contributed by atoms with Crippen LogP contribution in [-0.4, -0.2) is 10.2 Å². The molecule has 3 aromatic rings. The van der Waals surface area contributed by atoms with Gasteiger partial charge in [0.1, 0.15) is 23.0 Å². The molecule has 0 unspecified atom stereocenters. The van der Waals surface area contributed by atoms with E-state index in [2.05, 4.69) is 0 Å². The molecule has 0 saturated carbocycles. The lowest BCUT2D eigenvalue weighted by Crippen LogP contribution is -1.87. The van der Waals surface area contributed by atoms with Crippen LogP contribution in [-0.2, 0) is 0 Å². The second-order valence-corrected chi connectivity index (χ2v) is 4.76. The molecule has 118 valence electrons. The predicted octanol–water partition coefficient (Wildman–Crippen LogP) is 3.74. The molecule has 6 N–H and O–H groups in total. The average molecular weight is 310 g/mol. The van der Waals surface area contributed by atoms with Gasteiger partial charge < -0.3 is 26.4 Å². The Morgan fingerprint density at radius 1 is 0.609 bits per heavy atom. The Labute approximate surface area is 134 Å². The fraction of sp³-hybridized carbons (Fsp3) is 0. The molecule has 3 aromatic carbocycles. The Morgan fingerprint density at radius 3 is 1.30 bits per heavy atom. The highest BCUT2D eigenvalue weighted by Gasteiger charge is 1.96. The van der Waals surface area contributed by atoms with Crippen molar-refractivity contribution in [1.29, 1.82) is 0 Å². The highest BCUT2D eigenvalue weighted by atomic mass is 16.5. The van der Waals surface area contributed by atoms with Gasteiger partial charge in [0.2, 0.25) is 0 Å². The number of hydrogen-bond donors (Lipinski definition) is 4. The van der Waals surface area contributed by atoms with Gasteiger partial charge in [-0.1, -0.05) is 6.07 Å². The van der Waals surface area contributed by atoms with E-state index >= 15 is 0 Å². The molecule has 23 heavy (non-hydrogen) atoms. The largest absolute Gasteiger partial charge is 0.508 e. The molecule has 0 spiro atoms. The molecule has 0 amide bonds. The highest BCUT2D eigenvalue weighted by Crippen LogP contribution is 2.22. The van der Waals surface area contributed by atoms with Gasteiger partial charge in [-0.3, -0.25) is 0 Å². The van der Waals surface area contributed by atoms with Gasteiger partial charge in [0.25, 0.3) is 0 Å². The maximum atomic E-state index is 8.65. The molecule has 0 fully saturated rings. The lowest BCUT2D eigenvalue weighted by atomic mass is 10.3. The molecule has 0 aromatic heterocycles. The summed E-state index contributed by atoms with van der Waals surface area (Å²) in [5, 5.41) is 17.3. The summed E-state index contributed by atoms with van der Waals surface area (Å²) in [6.07, 6.45) is 0. The third-order valence-corrected chi connectivity index (χ3v) is 2.83. The van der Waals surface area contributed by atoms with E-state index in [0.717, 1.165) is 22.9 Å². The van der Waals surface area contributed by atoms with Gasteiger partial charge >= 0.3 is 0 Å². The Bertz CT molecular complexity index is 680. The molecular formula is C18H18N2O3. The zero-order valence-electron chi connectivity index (χ0n) is 12.4. The third-order valence-electron chi connectivity index (χ3n) is 2.83. The van der Waals surface area contributed by atoms with Crippen LogP contribution in [0.25, 0.3) is 0 Å². The molecule has 0 saturated heterocycles. The van der Waals surface area contributed by atoms with E-state index < -0.39 is 0 Å². The van der Waals surface area contributed by atoms with Gasteiger partial charge in [0.05, 0.1) is 0 Å². The Morgan fingerprint density at radius 2 is 1.00 bits per heavy atom. The maximum Gasteiger partial charge on any atom is 0.127 e. The van der Waals surface area contributed by atoms with Crippen LogP contribution in [0.15, 0.2) is 72.8 Å². The minimum absolute atomic E-state index is 0.0880. The van der Waals surface area contributed by atoms with E-state index in [1.165, 1.54) is 18.2 Å². The van der Waals surface area contributed by atoms with Crippen molar-refractivity contribution in [3.63, 3.8) is 0 Å². The number of hydrogen-bond acceptors (Lipinski definition) is 5. The van der Waals surface area contributed by atoms with Crippen molar-refractivity contribution in [3.05, 3.63) is 72.8 Å². The van der Waals surface area contributed by atoms with Crippen molar-refractivity contribution in [2.75, 3.05) is 11.5 Å². The summed E-state index contributed by atoms with van der Waals surface area (Å²) in [5.74, 6) is 1.69. The fourth-order valence-electron chi connectivity index (χ4n) is 1.70. The first kappa shape index (κ1) is 16.0. The first-order valence-electron chi connectivity index (χ1n) is 6.90. The van der Waals surface area contributed by atoms with Crippen LogP contribution in [0, 0.1) is 0 Å². The van der Waals surface area contributed by atoms with Crippen molar-refractivity contribution in [1.82, 2.24) is 0 Å². The molecule has 0 aliphatic carbocycles. The molecule has 0 atom stereocenters. The number of rotatable bonds is 2. The first-order valence-corrected chi connectivity index (χ1v) is 6.90. The maximum absolute atomic E-state index is 8.65. The molecule has 3 rings (SSSR count). The lowest BCUT2D eigenvalue weighted by molar-refractivity contribution is 0.450. The van der Waals surface area contributed by atoms with Gasteiger partial charge in [0, 0.05) is 17.4 Å². The van der Waals surface area contributed by atoms with Gasteiger partial charge in [-0.25, -0.2) is 0 Å². The monoisotopic (exact) mass is 310 g/mol. The van der Waals surface area contributed by atoms with E-state index in [0.29, 0.717) is 0 Å². The lowest BCUT2D eigenvalue weighted by Gasteiger charge is -2.05. The minimum Gasteiger partial charge on any atom is -0.508 e. The second kappa shape index (κ2) is 7.61. The van der Waals surface area contributed by atoms with E-state index in [1.807, 2.05) is 24.3 Å². The van der Waals surface area contributed by atoms with Crippen LogP contribution >= 0.6 is 0 Å². The Balaban J connectivity index is 0.000000203. The molecule has 0 aliphatic heterocycles. The highest BCUT2D eigenvalue weighted by molar-refractivity contribution is 5.45. The zero-order chi connectivity index (χ0) is 16.7. The van der Waals surface area contributed by atoms with Crippen LogP contribution in [0.2, 0.25) is 0 Å². The van der Waals surface area contributed by atoms with Gasteiger partial charge in [-0.05, 0) is 60.7 Å². The standard InChI is InChI=1S/C12H12N2O.C6H6O2/c13-9-1-5-11(6-2-9)15-12-7-3-10(14)4-8-12;7-5-2-1-3-6(8)4-5/h1-8H,13-14H2;1-4,7-8H.